The van der Waals surface area contributed by atoms with Crippen molar-refractivity contribution in [3.05, 3.63) is 50.9 Å². The SMILES string of the molecule is Cc1cnccc1C(c1ccc(Cl)s1)N1CCNCC1. The standard InChI is InChI=1S/C15H18ClN3S/c1-11-10-18-5-4-12(11)15(13-2-3-14(16)20-13)19-8-6-17-7-9-19/h2-5,10,15,17H,6-9H2,1H3. The molecule has 1 aliphatic rings. The molecule has 0 saturated carbocycles. The van der Waals surface area contributed by atoms with Gasteiger partial charge in [0.1, 0.15) is 0 Å². The maximum atomic E-state index is 6.15. The van der Waals surface area contributed by atoms with Crippen molar-refractivity contribution in [3.63, 3.8) is 0 Å². The van der Waals surface area contributed by atoms with Crippen molar-refractivity contribution >= 4 is 22.9 Å². The van der Waals surface area contributed by atoms with Crippen LogP contribution in [0.1, 0.15) is 22.0 Å². The van der Waals surface area contributed by atoms with Crippen molar-refractivity contribution in [1.29, 1.82) is 0 Å². The van der Waals surface area contributed by atoms with Crippen molar-refractivity contribution in [2.75, 3.05) is 26.2 Å². The molecule has 1 saturated heterocycles. The Morgan fingerprint density at radius 2 is 2.10 bits per heavy atom. The first-order valence-electron chi connectivity index (χ1n) is 6.86. The highest BCUT2D eigenvalue weighted by Gasteiger charge is 2.26. The van der Waals surface area contributed by atoms with E-state index in [1.165, 1.54) is 16.0 Å². The molecular weight excluding hydrogens is 290 g/mol. The number of aromatic nitrogens is 1. The lowest BCUT2D eigenvalue weighted by Crippen LogP contribution is -2.45. The highest BCUT2D eigenvalue weighted by Crippen LogP contribution is 2.36. The molecule has 1 aliphatic heterocycles. The van der Waals surface area contributed by atoms with Gasteiger partial charge in [-0.2, -0.15) is 0 Å². The predicted octanol–water partition coefficient (Wildman–Crippen LogP) is 3.10. The summed E-state index contributed by atoms with van der Waals surface area (Å²) in [5, 5.41) is 3.42. The van der Waals surface area contributed by atoms with Crippen LogP contribution in [0.25, 0.3) is 0 Å². The second-order valence-electron chi connectivity index (χ2n) is 5.06. The van der Waals surface area contributed by atoms with Gasteiger partial charge in [0.05, 0.1) is 10.4 Å². The summed E-state index contributed by atoms with van der Waals surface area (Å²) in [5.41, 5.74) is 2.57. The molecule has 2 aromatic heterocycles. The molecule has 3 heterocycles. The average molecular weight is 308 g/mol. The number of hydrogen-bond acceptors (Lipinski definition) is 4. The van der Waals surface area contributed by atoms with Gasteiger partial charge < -0.3 is 5.32 Å². The average Bonchev–Trinajstić information content (AvgIpc) is 2.89. The molecule has 0 bridgehead atoms. The van der Waals surface area contributed by atoms with E-state index in [4.69, 9.17) is 11.6 Å². The van der Waals surface area contributed by atoms with Crippen LogP contribution in [0.2, 0.25) is 4.34 Å². The van der Waals surface area contributed by atoms with E-state index in [2.05, 4.69) is 34.3 Å². The molecule has 0 amide bonds. The molecule has 0 aromatic carbocycles. The largest absolute Gasteiger partial charge is 0.314 e. The van der Waals surface area contributed by atoms with Crippen LogP contribution in [-0.2, 0) is 0 Å². The molecule has 5 heteroatoms. The van der Waals surface area contributed by atoms with Crippen LogP contribution in [0.4, 0.5) is 0 Å². The molecule has 1 unspecified atom stereocenters. The summed E-state index contributed by atoms with van der Waals surface area (Å²) in [7, 11) is 0. The zero-order chi connectivity index (χ0) is 13.9. The molecule has 1 N–H and O–H groups in total. The van der Waals surface area contributed by atoms with Gasteiger partial charge in [-0.25, -0.2) is 0 Å². The Morgan fingerprint density at radius 3 is 2.75 bits per heavy atom. The third-order valence-electron chi connectivity index (χ3n) is 3.74. The minimum Gasteiger partial charge on any atom is -0.314 e. The van der Waals surface area contributed by atoms with Crippen molar-refractivity contribution in [2.45, 2.75) is 13.0 Å². The summed E-state index contributed by atoms with van der Waals surface area (Å²) in [6, 6.07) is 6.57. The number of halogens is 1. The fourth-order valence-electron chi connectivity index (χ4n) is 2.74. The Labute approximate surface area is 128 Å². The Morgan fingerprint density at radius 1 is 1.30 bits per heavy atom. The van der Waals surface area contributed by atoms with E-state index in [0.29, 0.717) is 0 Å². The first kappa shape index (κ1) is 14.0. The number of hydrogen-bond donors (Lipinski definition) is 1. The van der Waals surface area contributed by atoms with Gasteiger partial charge in [0.15, 0.2) is 0 Å². The van der Waals surface area contributed by atoms with Gasteiger partial charge in [-0.1, -0.05) is 11.6 Å². The summed E-state index contributed by atoms with van der Waals surface area (Å²) in [5.74, 6) is 0. The predicted molar refractivity (Wildman–Crippen MR) is 84.6 cm³/mol. The third kappa shape index (κ3) is 2.88. The number of nitrogens with one attached hydrogen (secondary N) is 1. The monoisotopic (exact) mass is 307 g/mol. The number of pyridine rings is 1. The summed E-state index contributed by atoms with van der Waals surface area (Å²) < 4.78 is 0.854. The second-order valence-corrected chi connectivity index (χ2v) is 6.81. The van der Waals surface area contributed by atoms with E-state index in [1.807, 2.05) is 18.5 Å². The quantitative estimate of drug-likeness (QED) is 0.944. The summed E-state index contributed by atoms with van der Waals surface area (Å²) in [4.78, 5) is 8.06. The number of aryl methyl sites for hydroxylation is 1. The van der Waals surface area contributed by atoms with Crippen LogP contribution >= 0.6 is 22.9 Å². The Bertz CT molecular complexity index is 578. The van der Waals surface area contributed by atoms with Gasteiger partial charge in [0.2, 0.25) is 0 Å². The van der Waals surface area contributed by atoms with Crippen molar-refractivity contribution in [1.82, 2.24) is 15.2 Å². The van der Waals surface area contributed by atoms with Crippen LogP contribution < -0.4 is 5.32 Å². The van der Waals surface area contributed by atoms with E-state index in [-0.39, 0.29) is 6.04 Å². The van der Waals surface area contributed by atoms with Crippen molar-refractivity contribution < 1.29 is 0 Å². The molecule has 0 spiro atoms. The van der Waals surface area contributed by atoms with Crippen molar-refractivity contribution in [2.24, 2.45) is 0 Å². The number of nitrogens with zero attached hydrogens (tertiary/aromatic N) is 2. The molecular formula is C15H18ClN3S. The molecule has 20 heavy (non-hydrogen) atoms. The van der Waals surface area contributed by atoms with Gasteiger partial charge in [0.25, 0.3) is 0 Å². The van der Waals surface area contributed by atoms with Crippen LogP contribution in [0.15, 0.2) is 30.6 Å². The number of rotatable bonds is 3. The lowest BCUT2D eigenvalue weighted by molar-refractivity contribution is 0.200. The van der Waals surface area contributed by atoms with Crippen molar-refractivity contribution in [3.8, 4) is 0 Å². The second kappa shape index (κ2) is 6.22. The van der Waals surface area contributed by atoms with Crippen LogP contribution in [0, 0.1) is 6.92 Å². The lowest BCUT2D eigenvalue weighted by atomic mass is 10.00. The fraction of sp³-hybridized carbons (Fsp3) is 0.400. The molecule has 2 aromatic rings. The third-order valence-corrected chi connectivity index (χ3v) is 5.02. The Balaban J connectivity index is 2.01. The fourth-order valence-corrected chi connectivity index (χ4v) is 3.95. The molecule has 0 aliphatic carbocycles. The highest BCUT2D eigenvalue weighted by atomic mass is 35.5. The zero-order valence-electron chi connectivity index (χ0n) is 11.5. The van der Waals surface area contributed by atoms with Gasteiger partial charge in [0, 0.05) is 43.4 Å². The van der Waals surface area contributed by atoms with Crippen LogP contribution in [0.5, 0.6) is 0 Å². The number of piperazine rings is 1. The molecule has 0 radical (unpaired) electrons. The molecule has 3 rings (SSSR count). The van der Waals surface area contributed by atoms with E-state index in [0.717, 1.165) is 30.5 Å². The summed E-state index contributed by atoms with van der Waals surface area (Å²) in [6.07, 6.45) is 3.83. The van der Waals surface area contributed by atoms with Crippen LogP contribution in [0.3, 0.4) is 0 Å². The smallest absolute Gasteiger partial charge is 0.0931 e. The summed E-state index contributed by atoms with van der Waals surface area (Å²) >= 11 is 7.82. The molecule has 106 valence electrons. The minimum absolute atomic E-state index is 0.289. The first-order chi connectivity index (χ1) is 9.75. The van der Waals surface area contributed by atoms with E-state index < -0.39 is 0 Å². The van der Waals surface area contributed by atoms with Gasteiger partial charge in [-0.05, 0) is 36.2 Å². The van der Waals surface area contributed by atoms with E-state index >= 15 is 0 Å². The minimum atomic E-state index is 0.289. The maximum absolute atomic E-state index is 6.15. The molecule has 1 fully saturated rings. The molecule has 3 nitrogen and oxygen atoms in total. The highest BCUT2D eigenvalue weighted by molar-refractivity contribution is 7.16. The lowest BCUT2D eigenvalue weighted by Gasteiger charge is -2.35. The maximum Gasteiger partial charge on any atom is 0.0931 e. The zero-order valence-corrected chi connectivity index (χ0v) is 13.0. The van der Waals surface area contributed by atoms with E-state index in [1.54, 1.807) is 11.3 Å². The van der Waals surface area contributed by atoms with Gasteiger partial charge >= 0.3 is 0 Å². The Kier molecular flexibility index (Phi) is 4.36. The van der Waals surface area contributed by atoms with Gasteiger partial charge in [-0.3, -0.25) is 9.88 Å². The molecule has 1 atom stereocenters. The normalized spacial score (nSPS) is 18.1. The van der Waals surface area contributed by atoms with Gasteiger partial charge in [-0.15, -0.1) is 11.3 Å². The summed E-state index contributed by atoms with van der Waals surface area (Å²) in [6.45, 7) is 6.33. The van der Waals surface area contributed by atoms with E-state index in [9.17, 15) is 0 Å². The number of thiophene rings is 1. The van der Waals surface area contributed by atoms with Crippen LogP contribution in [-0.4, -0.2) is 36.1 Å². The first-order valence-corrected chi connectivity index (χ1v) is 8.05. The topological polar surface area (TPSA) is 28.2 Å². The Hall–Kier alpha value is -0.940.